The van der Waals surface area contributed by atoms with Crippen LogP contribution in [0.1, 0.15) is 70.4 Å². The summed E-state index contributed by atoms with van der Waals surface area (Å²) in [4.78, 5) is 35.5. The number of thiol groups is 1. The van der Waals surface area contributed by atoms with Crippen LogP contribution in [0.2, 0.25) is 5.15 Å². The normalized spacial score (nSPS) is 16.2. The Kier molecular flexibility index (Phi) is 17.3. The molecule has 0 saturated heterocycles. The molecule has 0 bridgehead atoms. The van der Waals surface area contributed by atoms with E-state index in [-0.39, 0.29) is 40.9 Å². The first-order chi connectivity index (χ1) is 27.1. The number of nitrogens with zero attached hydrogens (tertiary/aromatic N) is 3. The molecule has 0 spiro atoms. The average Bonchev–Trinajstić information content (AvgIpc) is 3.19. The highest BCUT2D eigenvalue weighted by Crippen LogP contribution is 2.30. The Morgan fingerprint density at radius 2 is 1.61 bits per heavy atom. The third-order valence-corrected chi connectivity index (χ3v) is 10.5. The number of nitrogen functional groups attached to an aromatic ring is 2. The number of benzene rings is 2. The number of aryl methyl sites for hydroxylation is 2. The minimum atomic E-state index is -2.03. The van der Waals surface area contributed by atoms with Crippen LogP contribution in [0.5, 0.6) is 0 Å². The molecule has 0 fully saturated rings. The van der Waals surface area contributed by atoms with Crippen molar-refractivity contribution in [1.82, 2.24) is 20.6 Å². The molecule has 0 saturated carbocycles. The Morgan fingerprint density at radius 1 is 0.947 bits per heavy atom. The van der Waals surface area contributed by atoms with Gasteiger partial charge in [-0.25, -0.2) is 9.97 Å². The van der Waals surface area contributed by atoms with E-state index in [0.717, 1.165) is 56.1 Å². The lowest BCUT2D eigenvalue weighted by atomic mass is 9.82. The van der Waals surface area contributed by atoms with E-state index in [1.54, 1.807) is 0 Å². The summed E-state index contributed by atoms with van der Waals surface area (Å²) in [5.41, 5.74) is 30.1. The van der Waals surface area contributed by atoms with Gasteiger partial charge in [0, 0.05) is 18.8 Å². The quantitative estimate of drug-likeness (QED) is 0.0234. The van der Waals surface area contributed by atoms with E-state index in [1.807, 2.05) is 24.3 Å². The van der Waals surface area contributed by atoms with Gasteiger partial charge >= 0.3 is 0 Å². The van der Waals surface area contributed by atoms with Gasteiger partial charge in [-0.3, -0.25) is 19.9 Å². The number of aromatic nitrogens is 2. The van der Waals surface area contributed by atoms with Crippen molar-refractivity contribution >= 4 is 59.3 Å². The van der Waals surface area contributed by atoms with Crippen molar-refractivity contribution in [3.8, 4) is 0 Å². The molecule has 1 aromatic heterocycles. The minimum Gasteiger partial charge on any atom is -0.394 e. The van der Waals surface area contributed by atoms with Crippen LogP contribution < -0.4 is 38.9 Å². The van der Waals surface area contributed by atoms with Crippen molar-refractivity contribution in [3.63, 3.8) is 0 Å². The molecule has 1 aliphatic carbocycles. The van der Waals surface area contributed by atoms with Crippen molar-refractivity contribution in [2.45, 2.75) is 93.5 Å². The third kappa shape index (κ3) is 13.2. The Hall–Kier alpha value is -4.11. The molecule has 3 aromatic rings. The molecule has 4 rings (SSSR count). The lowest BCUT2D eigenvalue weighted by molar-refractivity contribution is -0.124. The fourth-order valence-electron chi connectivity index (χ4n) is 6.60. The number of carbonyl (C=O) groups excluding carboxylic acids is 2. The molecule has 1 aliphatic rings. The Bertz CT molecular complexity index is 1850. The maximum Gasteiger partial charge on any atom is 0.280 e. The second-order valence-electron chi connectivity index (χ2n) is 14.2. The van der Waals surface area contributed by atoms with Gasteiger partial charge in [-0.1, -0.05) is 35.9 Å². The van der Waals surface area contributed by atoms with Crippen LogP contribution in [0.3, 0.4) is 0 Å². The molecule has 1 heterocycles. The van der Waals surface area contributed by atoms with E-state index in [2.05, 4.69) is 55.7 Å². The van der Waals surface area contributed by atoms with Crippen molar-refractivity contribution in [3.05, 3.63) is 75.1 Å². The number of halogens is 1. The number of nitrogens with two attached hydrogens (primary N) is 4. The molecule has 0 aliphatic heterocycles. The number of fused-ring (bicyclic) bond motifs is 1. The monoisotopic (exact) mass is 830 g/mol. The van der Waals surface area contributed by atoms with Crippen molar-refractivity contribution in [2.24, 2.45) is 16.5 Å². The summed E-state index contributed by atoms with van der Waals surface area (Å²) in [6.45, 7) is -0.0624. The average molecular weight is 831 g/mol. The van der Waals surface area contributed by atoms with Gasteiger partial charge < -0.3 is 59.1 Å². The number of amides is 2. The molecule has 19 heteroatoms. The summed E-state index contributed by atoms with van der Waals surface area (Å²) >= 11 is 9.85. The van der Waals surface area contributed by atoms with Crippen LogP contribution in [0.4, 0.5) is 17.3 Å². The minimum absolute atomic E-state index is 0.0722. The van der Waals surface area contributed by atoms with E-state index in [9.17, 15) is 30.0 Å². The van der Waals surface area contributed by atoms with Gasteiger partial charge in [-0.15, -0.1) is 12.6 Å². The maximum atomic E-state index is 13.1. The molecule has 17 nitrogen and oxygen atoms in total. The number of guanidine groups is 1. The number of carbonyl (C=O) groups is 2. The van der Waals surface area contributed by atoms with Gasteiger partial charge in [0.25, 0.3) is 5.91 Å². The van der Waals surface area contributed by atoms with Crippen LogP contribution in [-0.4, -0.2) is 109 Å². The Morgan fingerprint density at radius 3 is 2.30 bits per heavy atom. The number of rotatable bonds is 20. The summed E-state index contributed by atoms with van der Waals surface area (Å²) in [7, 11) is 0. The van der Waals surface area contributed by atoms with Crippen LogP contribution in [-0.2, 0) is 36.9 Å². The van der Waals surface area contributed by atoms with Crippen molar-refractivity contribution in [1.29, 1.82) is 0 Å². The van der Waals surface area contributed by atoms with Crippen molar-refractivity contribution in [2.75, 3.05) is 43.0 Å². The van der Waals surface area contributed by atoms with E-state index in [4.69, 9.17) is 39.6 Å². The Balaban J connectivity index is 1.21. The number of hydrogen-bond acceptors (Lipinski definition) is 15. The Labute approximate surface area is 342 Å². The fourth-order valence-corrected chi connectivity index (χ4v) is 6.99. The number of nitrogens with one attached hydrogen (secondary N) is 3. The highest BCUT2D eigenvalue weighted by molar-refractivity contribution is 7.81. The summed E-state index contributed by atoms with van der Waals surface area (Å²) < 4.78 is 0. The number of aliphatic hydroxyl groups excluding tert-OH is 4. The van der Waals surface area contributed by atoms with Gasteiger partial charge in [0.15, 0.2) is 28.4 Å². The van der Waals surface area contributed by atoms with E-state index in [0.29, 0.717) is 38.0 Å². The third-order valence-electron chi connectivity index (χ3n) is 9.81. The van der Waals surface area contributed by atoms with Gasteiger partial charge in [0.2, 0.25) is 5.91 Å². The van der Waals surface area contributed by atoms with Gasteiger partial charge in [-0.05, 0) is 111 Å². The first-order valence-corrected chi connectivity index (χ1v) is 19.7. The van der Waals surface area contributed by atoms with Gasteiger partial charge in [0.1, 0.15) is 23.2 Å². The van der Waals surface area contributed by atoms with Crippen LogP contribution in [0.25, 0.3) is 0 Å². The number of anilines is 3. The molecular formula is C38H55ClN10O7S. The maximum absolute atomic E-state index is 13.1. The zero-order valence-electron chi connectivity index (χ0n) is 31.7. The van der Waals surface area contributed by atoms with Crippen LogP contribution >= 0.6 is 24.2 Å². The predicted molar refractivity (Wildman–Crippen MR) is 223 cm³/mol. The van der Waals surface area contributed by atoms with Crippen LogP contribution in [0, 0.1) is 0 Å². The summed E-state index contributed by atoms with van der Waals surface area (Å²) in [6, 6.07) is 10.9. The van der Waals surface area contributed by atoms with Crippen molar-refractivity contribution < 1.29 is 35.1 Å². The second kappa shape index (κ2) is 21.6. The molecule has 57 heavy (non-hydrogen) atoms. The zero-order chi connectivity index (χ0) is 41.7. The molecule has 2 aromatic carbocycles. The molecular weight excluding hydrogens is 776 g/mol. The topological polar surface area (TPSA) is 314 Å². The molecule has 312 valence electrons. The molecule has 5 atom stereocenters. The number of unbranched alkanes of at least 4 members (excludes halogenated alkanes) is 1. The fraction of sp³-hybridized carbons (Fsp3) is 0.500. The number of aliphatic imine (C=N–C) groups is 1. The van der Waals surface area contributed by atoms with Gasteiger partial charge in [0.05, 0.1) is 12.6 Å². The lowest BCUT2D eigenvalue weighted by Gasteiger charge is -2.33. The second-order valence-corrected chi connectivity index (χ2v) is 15.3. The first kappa shape index (κ1) is 45.6. The molecule has 5 unspecified atom stereocenters. The SMILES string of the molecule is NC(=NCCCCc1ccc(CC(N)C(=O)Nc2ccc(CCCNCC(O)(S)C(O)C(O)C(O)CO)cc2)c2c1CCCC2)NC(=O)c1nc(Cl)c(N)nc1N. The number of aliphatic hydroxyl groups is 5. The first-order valence-electron chi connectivity index (χ1n) is 18.9. The largest absolute Gasteiger partial charge is 0.394 e. The predicted octanol–water partition coefficient (Wildman–Crippen LogP) is -0.0353. The van der Waals surface area contributed by atoms with E-state index in [1.165, 1.54) is 16.7 Å². The van der Waals surface area contributed by atoms with Gasteiger partial charge in [-0.2, -0.15) is 0 Å². The smallest absolute Gasteiger partial charge is 0.280 e. The van der Waals surface area contributed by atoms with Crippen LogP contribution in [0.15, 0.2) is 41.4 Å². The molecule has 0 radical (unpaired) electrons. The highest BCUT2D eigenvalue weighted by Gasteiger charge is 2.39. The zero-order valence-corrected chi connectivity index (χ0v) is 33.4. The van der Waals surface area contributed by atoms with E-state index >= 15 is 0 Å². The lowest BCUT2D eigenvalue weighted by Crippen LogP contribution is -2.55. The number of hydrogen-bond donors (Lipinski definition) is 13. The molecule has 16 N–H and O–H groups in total. The summed E-state index contributed by atoms with van der Waals surface area (Å²) in [6.07, 6.45) is 3.17. The van der Waals surface area contributed by atoms with E-state index < -0.39 is 41.8 Å². The highest BCUT2D eigenvalue weighted by atomic mass is 35.5. The summed E-state index contributed by atoms with van der Waals surface area (Å²) in [5.74, 6) is -1.29. The summed E-state index contributed by atoms with van der Waals surface area (Å²) in [5, 5.41) is 56.9. The standard InChI is InChI=1S/C38H55ClN10O7S/c39-32-34(42)48-33(41)29(47-32)36(55)49-37(43)45-17-4-3-7-22-12-13-23(26-9-2-1-8-25(22)26)18-27(40)35(54)46-24-14-10-21(11-15-24)6-5-16-44-20-38(56,57)31(53)30(52)28(51)19-50/h10-15,27-28,30-31,44,50-53,56-57H,1-9,16-20,40H2,(H,46,54)(H4,41,42,48)(H3,43,45,49,55). The molecule has 2 amide bonds.